The highest BCUT2D eigenvalue weighted by molar-refractivity contribution is 6.24. The molecule has 0 saturated carbocycles. The molecule has 1 aliphatic heterocycles. The summed E-state index contributed by atoms with van der Waals surface area (Å²) in [6.45, 7) is 13.0. The van der Waals surface area contributed by atoms with Gasteiger partial charge in [0.15, 0.2) is 17.5 Å². The summed E-state index contributed by atoms with van der Waals surface area (Å²) in [5.41, 5.74) is 2.32. The maximum atomic E-state index is 4.90. The van der Waals surface area contributed by atoms with Crippen LogP contribution in [-0.2, 0) is 0 Å². The van der Waals surface area contributed by atoms with Crippen LogP contribution < -0.4 is 5.32 Å². The highest BCUT2D eigenvalue weighted by Crippen LogP contribution is 2.35. The Bertz CT molecular complexity index is 1870. The van der Waals surface area contributed by atoms with Gasteiger partial charge in [-0.15, -0.1) is 0 Å². The maximum absolute atomic E-state index is 4.90. The van der Waals surface area contributed by atoms with Gasteiger partial charge < -0.3 is 10.3 Å². The van der Waals surface area contributed by atoms with E-state index in [4.69, 9.17) is 20.0 Å². The number of amidine groups is 5. The van der Waals surface area contributed by atoms with Crippen LogP contribution in [0.5, 0.6) is 0 Å². The minimum absolute atomic E-state index is 0.401. The van der Waals surface area contributed by atoms with E-state index in [0.717, 1.165) is 34.2 Å². The summed E-state index contributed by atoms with van der Waals surface area (Å²) in [5.74, 6) is 3.93. The molecule has 4 rings (SSSR count). The van der Waals surface area contributed by atoms with E-state index in [9.17, 15) is 0 Å². The van der Waals surface area contributed by atoms with Gasteiger partial charge in [-0.1, -0.05) is 56.5 Å². The van der Waals surface area contributed by atoms with Crippen molar-refractivity contribution in [1.82, 2.24) is 15.3 Å². The van der Waals surface area contributed by atoms with Crippen LogP contribution in [0, 0.1) is 0 Å². The normalized spacial score (nSPS) is 15.7. The van der Waals surface area contributed by atoms with E-state index in [1.165, 1.54) is 0 Å². The second-order valence-electron chi connectivity index (χ2n) is 9.44. The van der Waals surface area contributed by atoms with Crippen molar-refractivity contribution in [3.63, 3.8) is 0 Å². The fourth-order valence-corrected chi connectivity index (χ4v) is 4.11. The number of hydrogen-bond acceptors (Lipinski definition) is 6. The lowest BCUT2D eigenvalue weighted by Crippen LogP contribution is -2.18. The van der Waals surface area contributed by atoms with Gasteiger partial charge in [-0.05, 0) is 31.6 Å². The van der Waals surface area contributed by atoms with Gasteiger partial charge in [0.05, 0.1) is 0 Å². The van der Waals surface area contributed by atoms with Crippen LogP contribution in [0.2, 0.25) is 0 Å². The summed E-state index contributed by atoms with van der Waals surface area (Å²) in [6.07, 6.45) is 15.4. The quantitative estimate of drug-likeness (QED) is 0.205. The summed E-state index contributed by atoms with van der Waals surface area (Å²) in [4.78, 5) is 44.4. The Kier molecular flexibility index (Phi) is 11.4. The van der Waals surface area contributed by atoms with E-state index >= 15 is 0 Å². The zero-order valence-corrected chi connectivity index (χ0v) is 25.8. The number of allylic oxidation sites excluding steroid dienone is 3. The number of fused-ring (bicyclic) bond motifs is 2. The van der Waals surface area contributed by atoms with Gasteiger partial charge in [0, 0.05) is 73.1 Å². The summed E-state index contributed by atoms with van der Waals surface area (Å²) in [5, 5.41) is 4.88. The second-order valence-corrected chi connectivity index (χ2v) is 9.44. The molecule has 1 aliphatic rings. The van der Waals surface area contributed by atoms with E-state index in [1.807, 2.05) is 57.3 Å². The summed E-state index contributed by atoms with van der Waals surface area (Å²) in [6, 6.07) is 11.7. The van der Waals surface area contributed by atoms with Gasteiger partial charge in [-0.3, -0.25) is 15.0 Å². The van der Waals surface area contributed by atoms with Crippen molar-refractivity contribution in [3.8, 4) is 0 Å². The molecular formula is C34H35N11. The first-order chi connectivity index (χ1) is 22.0. The molecule has 0 amide bonds. The fraction of sp³-hybridized carbons (Fsp3) is 0.147. The van der Waals surface area contributed by atoms with Gasteiger partial charge >= 0.3 is 0 Å². The van der Waals surface area contributed by atoms with Crippen molar-refractivity contribution in [2.24, 2.45) is 39.9 Å². The molecule has 0 atom stereocenters. The summed E-state index contributed by atoms with van der Waals surface area (Å²) in [7, 11) is 1.84. The Morgan fingerprint density at radius 1 is 0.978 bits per heavy atom. The largest absolute Gasteiger partial charge is 0.377 e. The molecule has 2 aromatic heterocycles. The van der Waals surface area contributed by atoms with Gasteiger partial charge in [0.25, 0.3) is 0 Å². The van der Waals surface area contributed by atoms with Crippen molar-refractivity contribution in [1.29, 1.82) is 0 Å². The molecule has 0 spiro atoms. The third-order valence-corrected chi connectivity index (χ3v) is 6.15. The average Bonchev–Trinajstić information content (AvgIpc) is 3.58. The van der Waals surface area contributed by atoms with Crippen LogP contribution in [-0.4, -0.2) is 64.8 Å². The first-order valence-electron chi connectivity index (χ1n) is 14.3. The first-order valence-corrected chi connectivity index (χ1v) is 14.3. The van der Waals surface area contributed by atoms with E-state index in [1.54, 1.807) is 62.4 Å². The number of rotatable bonds is 9. The molecular weight excluding hydrogens is 562 g/mol. The third-order valence-electron chi connectivity index (χ3n) is 6.15. The standard InChI is InChI=1S/C34H35N11/c1-7-17-36-20-16-29(39-22-23(4)21-37-18-8-2)40-24(5)41-31-25-13-10-11-14-26(25)32(43-31)44-34-30-27(15-12-19-38-30)33(45-34)42-28(9-3)35-6/h7-8,10-22,43H,1-2,9H2,3-6H3,(H,35,42,44,45)/b20-16+,23-21+,36-17?,37-18?,39-22?,40-29+,41-24-. The van der Waals surface area contributed by atoms with Crippen LogP contribution in [0.3, 0.4) is 0 Å². The van der Waals surface area contributed by atoms with Crippen LogP contribution >= 0.6 is 0 Å². The minimum Gasteiger partial charge on any atom is -0.377 e. The predicted molar refractivity (Wildman–Crippen MR) is 191 cm³/mol. The molecule has 2 N–H and O–H groups in total. The monoisotopic (exact) mass is 597 g/mol. The number of benzene rings is 1. The Balaban J connectivity index is 1.75. The molecule has 0 unspecified atom stereocenters. The zero-order valence-electron chi connectivity index (χ0n) is 25.8. The lowest BCUT2D eigenvalue weighted by molar-refractivity contribution is 1.08. The van der Waals surface area contributed by atoms with Gasteiger partial charge in [-0.25, -0.2) is 30.0 Å². The third kappa shape index (κ3) is 8.54. The van der Waals surface area contributed by atoms with Crippen molar-refractivity contribution < 1.29 is 0 Å². The highest BCUT2D eigenvalue weighted by atomic mass is 15.1. The summed E-state index contributed by atoms with van der Waals surface area (Å²) < 4.78 is 0. The Labute approximate surface area is 262 Å². The number of H-pyrrole nitrogens is 1. The molecule has 45 heavy (non-hydrogen) atoms. The Morgan fingerprint density at radius 3 is 2.47 bits per heavy atom. The number of hydrogen-bond donors (Lipinski definition) is 2. The minimum atomic E-state index is 0.401. The number of nitrogens with zero attached hydrogens (tertiary/aromatic N) is 9. The predicted octanol–water partition coefficient (Wildman–Crippen LogP) is 6.88. The summed E-state index contributed by atoms with van der Waals surface area (Å²) >= 11 is 0. The Hall–Kier alpha value is -5.97. The van der Waals surface area contributed by atoms with E-state index in [2.05, 4.69) is 48.4 Å². The molecule has 1 aromatic carbocycles. The van der Waals surface area contributed by atoms with Crippen molar-refractivity contribution in [2.45, 2.75) is 27.2 Å². The van der Waals surface area contributed by atoms with Gasteiger partial charge in [0.2, 0.25) is 0 Å². The van der Waals surface area contributed by atoms with Crippen LogP contribution in [0.15, 0.2) is 132 Å². The number of aliphatic imine (C=N–C) groups is 8. The molecule has 3 aromatic rings. The number of pyridine rings is 1. The molecule has 0 aliphatic carbocycles. The van der Waals surface area contributed by atoms with E-state index in [0.29, 0.717) is 40.7 Å². The molecule has 0 saturated heterocycles. The van der Waals surface area contributed by atoms with Gasteiger partial charge in [-0.2, -0.15) is 0 Å². The zero-order chi connectivity index (χ0) is 32.0. The van der Waals surface area contributed by atoms with E-state index in [-0.39, 0.29) is 0 Å². The van der Waals surface area contributed by atoms with Crippen LogP contribution in [0.4, 0.5) is 11.6 Å². The van der Waals surface area contributed by atoms with Crippen molar-refractivity contribution in [2.75, 3.05) is 7.05 Å². The average molecular weight is 598 g/mol. The molecule has 11 heteroatoms. The molecule has 0 radical (unpaired) electrons. The first kappa shape index (κ1) is 32.0. The van der Waals surface area contributed by atoms with Crippen molar-refractivity contribution in [3.05, 3.63) is 103 Å². The van der Waals surface area contributed by atoms with Crippen LogP contribution in [0.1, 0.15) is 38.4 Å². The highest BCUT2D eigenvalue weighted by Gasteiger charge is 2.24. The van der Waals surface area contributed by atoms with E-state index < -0.39 is 0 Å². The lowest BCUT2D eigenvalue weighted by atomic mass is 10.2. The second kappa shape index (κ2) is 16.0. The lowest BCUT2D eigenvalue weighted by Gasteiger charge is -2.02. The van der Waals surface area contributed by atoms with Crippen molar-refractivity contribution >= 4 is 70.2 Å². The fourth-order valence-electron chi connectivity index (χ4n) is 4.11. The maximum Gasteiger partial charge on any atom is 0.183 e. The molecule has 0 fully saturated rings. The number of nitrogens with one attached hydrogen (secondary N) is 2. The van der Waals surface area contributed by atoms with Gasteiger partial charge in [0.1, 0.15) is 29.0 Å². The number of aromatic amines is 1. The molecule has 226 valence electrons. The smallest absolute Gasteiger partial charge is 0.183 e. The van der Waals surface area contributed by atoms with Crippen LogP contribution in [0.25, 0.3) is 10.8 Å². The molecule has 0 bridgehead atoms. The Morgan fingerprint density at radius 2 is 1.73 bits per heavy atom. The topological polar surface area (TPSA) is 140 Å². The molecule has 11 nitrogen and oxygen atoms in total. The molecule has 3 heterocycles. The number of aromatic nitrogens is 2. The SMILES string of the molecule is C=CC=N/C=C/C(N=C/C(C)=C/N=CC=C)=N\C(C)=N/c1[nH]c(/N=C2\N=C(N=C(CC)NC)c3cccnc32)c2ccccc12.